The lowest BCUT2D eigenvalue weighted by atomic mass is 10.0. The van der Waals surface area contributed by atoms with Gasteiger partial charge in [0, 0.05) is 40.8 Å². The third-order valence-electron chi connectivity index (χ3n) is 4.77. The number of allylic oxidation sites excluding steroid dienone is 2. The smallest absolute Gasteiger partial charge is 0.284 e. The minimum atomic E-state index is -4.09. The molecule has 4 N–H and O–H groups in total. The molecule has 11 heteroatoms. The lowest BCUT2D eigenvalue weighted by Gasteiger charge is -2.12. The van der Waals surface area contributed by atoms with Crippen LogP contribution in [-0.2, 0) is 10.0 Å². The van der Waals surface area contributed by atoms with Crippen molar-refractivity contribution in [2.45, 2.75) is 11.8 Å². The van der Waals surface area contributed by atoms with Gasteiger partial charge in [-0.1, -0.05) is 6.07 Å². The first-order valence-electron chi connectivity index (χ1n) is 10.7. The molecule has 0 atom stereocenters. The number of methoxy groups -OCH3 is 2. The van der Waals surface area contributed by atoms with Crippen LogP contribution in [0, 0.1) is 0 Å². The summed E-state index contributed by atoms with van der Waals surface area (Å²) in [4.78, 5) is 13.6. The Balaban J connectivity index is 0.00000235. The van der Waals surface area contributed by atoms with Gasteiger partial charge in [0.05, 0.1) is 24.9 Å². The van der Waals surface area contributed by atoms with Crippen LogP contribution < -0.4 is 15.2 Å². The van der Waals surface area contributed by atoms with Crippen molar-refractivity contribution in [3.05, 3.63) is 82.9 Å². The van der Waals surface area contributed by atoms with Crippen LogP contribution in [0.25, 0.3) is 16.5 Å². The van der Waals surface area contributed by atoms with E-state index in [0.29, 0.717) is 17.1 Å². The number of carbonyl (C=O) groups is 1. The summed E-state index contributed by atoms with van der Waals surface area (Å²) < 4.78 is 39.1. The summed E-state index contributed by atoms with van der Waals surface area (Å²) in [5.74, 6) is 0.327. The van der Waals surface area contributed by atoms with Crippen molar-refractivity contribution in [2.75, 3.05) is 21.3 Å². The van der Waals surface area contributed by atoms with Gasteiger partial charge in [0.1, 0.15) is 17.3 Å². The Labute approximate surface area is 219 Å². The molecular weight excluding hydrogens is 516 g/mol. The van der Waals surface area contributed by atoms with Crippen LogP contribution >= 0.6 is 11.3 Å². The lowest BCUT2D eigenvalue weighted by Crippen LogP contribution is -2.12. The average Bonchev–Trinajstić information content (AvgIpc) is 3.42. The number of nitrogens with two attached hydrogens (primary N) is 1. The number of carbonyl (C=O) groups excluding carboxylic acids is 1. The zero-order valence-electron chi connectivity index (χ0n) is 20.7. The Bertz CT molecular complexity index is 1400. The molecule has 0 aliphatic heterocycles. The Morgan fingerprint density at radius 3 is 2.24 bits per heavy atom. The Kier molecular flexibility index (Phi) is 10.6. The van der Waals surface area contributed by atoms with Crippen LogP contribution in [0.1, 0.15) is 22.8 Å². The highest BCUT2D eigenvalue weighted by Gasteiger charge is 2.15. The van der Waals surface area contributed by atoms with E-state index in [9.17, 15) is 18.3 Å². The molecule has 3 aromatic rings. The molecule has 0 saturated heterocycles. The molecule has 0 spiro atoms. The number of nitrogens with zero attached hydrogens (tertiary/aromatic N) is 1. The third kappa shape index (κ3) is 7.78. The topological polar surface area (TPSA) is 149 Å². The Morgan fingerprint density at radius 1 is 1.05 bits per heavy atom. The highest BCUT2D eigenvalue weighted by Crippen LogP contribution is 2.38. The maximum Gasteiger partial charge on any atom is 0.284 e. The Morgan fingerprint density at radius 2 is 1.70 bits per heavy atom. The second kappa shape index (κ2) is 13.4. The summed E-state index contributed by atoms with van der Waals surface area (Å²) >= 11 is 1.57. The summed E-state index contributed by atoms with van der Waals surface area (Å²) in [7, 11) is 0.0204. The number of sulfonamides is 1. The van der Waals surface area contributed by atoms with Crippen LogP contribution in [0.5, 0.6) is 11.5 Å². The minimum absolute atomic E-state index is 0.137. The van der Waals surface area contributed by atoms with Crippen molar-refractivity contribution in [1.29, 1.82) is 0 Å². The fraction of sp³-hybridized carbons (Fsp3) is 0.154. The fourth-order valence-electron chi connectivity index (χ4n) is 3.16. The number of ketones is 1. The van der Waals surface area contributed by atoms with Gasteiger partial charge in [-0.25, -0.2) is 0 Å². The number of hydrogen-bond donors (Lipinski definition) is 3. The molecule has 9 nitrogen and oxygen atoms in total. The molecule has 3 rings (SSSR count). The fourth-order valence-corrected chi connectivity index (χ4v) is 4.83. The first kappa shape index (κ1) is 29.3. The van der Waals surface area contributed by atoms with Crippen molar-refractivity contribution in [1.82, 2.24) is 0 Å². The second-order valence-corrected chi connectivity index (χ2v) is 9.82. The SMILES string of the molecule is CO.COc1cc(OC)c(-c2cccs2)cc1/C=C/C(=O)c1ccc(S(=O)(=O)/N=C(N)/C=C(/C)O)cc1. The monoisotopic (exact) mass is 544 g/mol. The summed E-state index contributed by atoms with van der Waals surface area (Å²) in [5.41, 5.74) is 7.35. The van der Waals surface area contributed by atoms with E-state index in [1.54, 1.807) is 30.6 Å². The molecule has 0 aliphatic carbocycles. The first-order chi connectivity index (χ1) is 17.6. The highest BCUT2D eigenvalue weighted by atomic mass is 32.2. The van der Waals surface area contributed by atoms with Crippen LogP contribution in [0.15, 0.2) is 81.1 Å². The maximum absolute atomic E-state index is 12.7. The van der Waals surface area contributed by atoms with Crippen LogP contribution in [0.2, 0.25) is 0 Å². The van der Waals surface area contributed by atoms with Gasteiger partial charge in [-0.3, -0.25) is 4.79 Å². The van der Waals surface area contributed by atoms with E-state index < -0.39 is 10.0 Å². The molecule has 2 aromatic carbocycles. The van der Waals surface area contributed by atoms with Gasteiger partial charge >= 0.3 is 0 Å². The summed E-state index contributed by atoms with van der Waals surface area (Å²) in [6.45, 7) is 1.34. The van der Waals surface area contributed by atoms with Crippen LogP contribution in [-0.4, -0.2) is 51.6 Å². The number of rotatable bonds is 9. The van der Waals surface area contributed by atoms with Gasteiger partial charge in [-0.05, 0) is 60.9 Å². The molecule has 196 valence electrons. The van der Waals surface area contributed by atoms with Gasteiger partial charge in [-0.2, -0.15) is 8.42 Å². The van der Waals surface area contributed by atoms with Crippen molar-refractivity contribution in [3.63, 3.8) is 0 Å². The predicted octanol–water partition coefficient (Wildman–Crippen LogP) is 4.44. The first-order valence-corrected chi connectivity index (χ1v) is 13.0. The third-order valence-corrected chi connectivity index (χ3v) is 6.99. The maximum atomic E-state index is 12.7. The summed E-state index contributed by atoms with van der Waals surface area (Å²) in [6.07, 6.45) is 4.05. The van der Waals surface area contributed by atoms with E-state index in [-0.39, 0.29) is 27.8 Å². The molecule has 1 aromatic heterocycles. The zero-order valence-corrected chi connectivity index (χ0v) is 22.3. The van der Waals surface area contributed by atoms with E-state index in [2.05, 4.69) is 4.40 Å². The lowest BCUT2D eigenvalue weighted by molar-refractivity contribution is 0.104. The quantitative estimate of drug-likeness (QED) is 0.118. The van der Waals surface area contributed by atoms with Gasteiger partial charge in [-0.15, -0.1) is 15.7 Å². The van der Waals surface area contributed by atoms with E-state index in [1.165, 1.54) is 44.4 Å². The van der Waals surface area contributed by atoms with E-state index in [4.69, 9.17) is 20.3 Å². The number of aliphatic hydroxyl groups is 2. The minimum Gasteiger partial charge on any atom is -0.512 e. The second-order valence-electron chi connectivity index (χ2n) is 7.27. The summed E-state index contributed by atoms with van der Waals surface area (Å²) in [5, 5.41) is 18.2. The molecule has 0 aliphatic rings. The van der Waals surface area contributed by atoms with Crippen molar-refractivity contribution in [2.24, 2.45) is 10.1 Å². The normalized spacial score (nSPS) is 12.1. The number of aliphatic hydroxyl groups excluding tert-OH is 2. The average molecular weight is 545 g/mol. The van der Waals surface area contributed by atoms with Crippen molar-refractivity contribution < 1.29 is 32.9 Å². The van der Waals surface area contributed by atoms with Crippen LogP contribution in [0.3, 0.4) is 0 Å². The van der Waals surface area contributed by atoms with Gasteiger partial charge < -0.3 is 25.4 Å². The van der Waals surface area contributed by atoms with Crippen molar-refractivity contribution >= 4 is 39.1 Å². The van der Waals surface area contributed by atoms with Crippen molar-refractivity contribution in [3.8, 4) is 21.9 Å². The molecule has 0 radical (unpaired) electrons. The van der Waals surface area contributed by atoms with Gasteiger partial charge in [0.15, 0.2) is 5.78 Å². The highest BCUT2D eigenvalue weighted by molar-refractivity contribution is 7.90. The molecule has 1 heterocycles. The number of benzene rings is 2. The molecular formula is C26H28N2O7S2. The molecule has 0 saturated carbocycles. The van der Waals surface area contributed by atoms with Crippen LogP contribution in [0.4, 0.5) is 0 Å². The van der Waals surface area contributed by atoms with Gasteiger partial charge in [0.25, 0.3) is 10.0 Å². The molecule has 0 fully saturated rings. The standard InChI is InChI=1S/C25H24N2O6S2.CH4O/c1-16(28)13-25(26)27-35(30,31)19-9-6-17(7-10-19)21(29)11-8-18-14-20(24-5-4-12-34-24)23(33-3)15-22(18)32-2;1-2/h4-15,28H,1-3H3,(H2,26,27);2H,1H3/b11-8+,16-13-;. The number of ether oxygens (including phenoxy) is 2. The number of hydrogen-bond acceptors (Lipinski definition) is 8. The summed E-state index contributed by atoms with van der Waals surface area (Å²) in [6, 6.07) is 12.9. The van der Waals surface area contributed by atoms with Gasteiger partial charge in [0.2, 0.25) is 0 Å². The molecule has 37 heavy (non-hydrogen) atoms. The number of amidine groups is 1. The predicted molar refractivity (Wildman–Crippen MR) is 146 cm³/mol. The zero-order chi connectivity index (χ0) is 27.6. The van der Waals surface area contributed by atoms with E-state index >= 15 is 0 Å². The molecule has 0 bridgehead atoms. The largest absolute Gasteiger partial charge is 0.512 e. The molecule has 0 unspecified atom stereocenters. The molecule has 0 amide bonds. The Hall–Kier alpha value is -3.93. The van der Waals surface area contributed by atoms with E-state index in [1.807, 2.05) is 23.6 Å². The van der Waals surface area contributed by atoms with E-state index in [0.717, 1.165) is 23.6 Å². The number of thiophene rings is 1.